The van der Waals surface area contributed by atoms with Crippen molar-refractivity contribution in [2.24, 2.45) is 0 Å². The molecule has 0 radical (unpaired) electrons. The molecule has 0 bridgehead atoms. The topological polar surface area (TPSA) is 0 Å². The second kappa shape index (κ2) is 13.7. The summed E-state index contributed by atoms with van der Waals surface area (Å²) < 4.78 is 0. The molecule has 0 nitrogen and oxygen atoms in total. The van der Waals surface area contributed by atoms with Crippen molar-refractivity contribution in [2.45, 2.75) is 96.8 Å². The molecule has 0 aliphatic carbocycles. The van der Waals surface area contributed by atoms with Gasteiger partial charge < -0.3 is 0 Å². The number of aryl methyl sites for hydroxylation is 1. The van der Waals surface area contributed by atoms with Gasteiger partial charge in [0.1, 0.15) is 0 Å². The molecular formula is C19H34S. The lowest BCUT2D eigenvalue weighted by Gasteiger charge is -2.03. The number of rotatable bonds is 14. The first kappa shape index (κ1) is 17.8. The number of thiophene rings is 1. The van der Waals surface area contributed by atoms with Gasteiger partial charge in [0.05, 0.1) is 0 Å². The predicted octanol–water partition coefficient (Wildman–Crippen LogP) is 7.38. The molecular weight excluding hydrogens is 260 g/mol. The van der Waals surface area contributed by atoms with Gasteiger partial charge in [-0.2, -0.15) is 11.3 Å². The Morgan fingerprint density at radius 3 is 1.65 bits per heavy atom. The first-order chi connectivity index (χ1) is 9.93. The van der Waals surface area contributed by atoms with Crippen LogP contribution in [0.4, 0.5) is 0 Å². The van der Waals surface area contributed by atoms with Crippen LogP contribution in [0.3, 0.4) is 0 Å². The molecule has 0 saturated heterocycles. The van der Waals surface area contributed by atoms with E-state index in [1.165, 1.54) is 95.5 Å². The summed E-state index contributed by atoms with van der Waals surface area (Å²) >= 11 is 1.83. The van der Waals surface area contributed by atoms with Crippen LogP contribution in [-0.2, 0) is 6.42 Å². The summed E-state index contributed by atoms with van der Waals surface area (Å²) in [6, 6.07) is 2.27. The molecule has 0 saturated carbocycles. The van der Waals surface area contributed by atoms with Gasteiger partial charge in [-0.15, -0.1) is 0 Å². The van der Waals surface area contributed by atoms with Gasteiger partial charge >= 0.3 is 0 Å². The molecule has 0 fully saturated rings. The molecule has 0 spiro atoms. The van der Waals surface area contributed by atoms with E-state index in [1.807, 2.05) is 11.3 Å². The van der Waals surface area contributed by atoms with Gasteiger partial charge in [0.25, 0.3) is 0 Å². The van der Waals surface area contributed by atoms with E-state index in [4.69, 9.17) is 0 Å². The van der Waals surface area contributed by atoms with E-state index in [2.05, 4.69) is 23.8 Å². The monoisotopic (exact) mass is 294 g/mol. The van der Waals surface area contributed by atoms with Crippen LogP contribution in [0.5, 0.6) is 0 Å². The highest BCUT2D eigenvalue weighted by Gasteiger charge is 1.95. The molecule has 1 heterocycles. The van der Waals surface area contributed by atoms with Crippen molar-refractivity contribution >= 4 is 11.3 Å². The van der Waals surface area contributed by atoms with Gasteiger partial charge in [0.2, 0.25) is 0 Å². The zero-order valence-electron chi connectivity index (χ0n) is 13.5. The summed E-state index contributed by atoms with van der Waals surface area (Å²) in [6.07, 6.45) is 20.1. The van der Waals surface area contributed by atoms with Crippen LogP contribution < -0.4 is 0 Å². The average molecular weight is 295 g/mol. The fourth-order valence-corrected chi connectivity index (χ4v) is 3.48. The Kier molecular flexibility index (Phi) is 12.1. The predicted molar refractivity (Wildman–Crippen MR) is 93.7 cm³/mol. The van der Waals surface area contributed by atoms with E-state index in [0.29, 0.717) is 0 Å². The molecule has 1 aromatic rings. The smallest absolute Gasteiger partial charge is 0.00613 e. The number of unbranched alkanes of at least 4 members (excludes halogenated alkanes) is 12. The summed E-state index contributed by atoms with van der Waals surface area (Å²) in [5.41, 5.74) is 1.54. The minimum absolute atomic E-state index is 1.29. The molecule has 0 N–H and O–H groups in total. The lowest BCUT2D eigenvalue weighted by molar-refractivity contribution is 0.539. The molecule has 1 heteroatoms. The molecule has 0 unspecified atom stereocenters. The van der Waals surface area contributed by atoms with Crippen molar-refractivity contribution in [1.29, 1.82) is 0 Å². The fraction of sp³-hybridized carbons (Fsp3) is 0.789. The molecule has 1 aromatic heterocycles. The Morgan fingerprint density at radius 2 is 1.20 bits per heavy atom. The second-order valence-corrected chi connectivity index (χ2v) is 6.90. The van der Waals surface area contributed by atoms with Gasteiger partial charge in [0, 0.05) is 0 Å². The lowest BCUT2D eigenvalue weighted by atomic mass is 10.0. The fourth-order valence-electron chi connectivity index (χ4n) is 2.78. The molecule has 0 aromatic carbocycles. The van der Waals surface area contributed by atoms with Gasteiger partial charge in [-0.05, 0) is 35.2 Å². The molecule has 116 valence electrons. The Bertz CT molecular complexity index is 276. The largest absolute Gasteiger partial charge is 0.152 e. The summed E-state index contributed by atoms with van der Waals surface area (Å²) in [6.45, 7) is 2.29. The molecule has 0 amide bonds. The minimum atomic E-state index is 1.29. The van der Waals surface area contributed by atoms with Crippen LogP contribution in [0.2, 0.25) is 0 Å². The number of hydrogen-bond acceptors (Lipinski definition) is 1. The minimum Gasteiger partial charge on any atom is -0.152 e. The Hall–Kier alpha value is -0.300. The van der Waals surface area contributed by atoms with Crippen molar-refractivity contribution in [2.75, 3.05) is 0 Å². The van der Waals surface area contributed by atoms with Crippen molar-refractivity contribution in [1.82, 2.24) is 0 Å². The lowest BCUT2D eigenvalue weighted by Crippen LogP contribution is -1.85. The molecule has 0 atom stereocenters. The maximum atomic E-state index is 2.29. The van der Waals surface area contributed by atoms with E-state index in [0.717, 1.165) is 0 Å². The van der Waals surface area contributed by atoms with Gasteiger partial charge in [-0.1, -0.05) is 84.0 Å². The van der Waals surface area contributed by atoms with E-state index in [9.17, 15) is 0 Å². The van der Waals surface area contributed by atoms with Crippen molar-refractivity contribution in [3.8, 4) is 0 Å². The third-order valence-corrected chi connectivity index (χ3v) is 4.88. The average Bonchev–Trinajstić information content (AvgIpc) is 2.97. The standard InChI is InChI=1S/C19H34S/c1-2-3-4-5-6-7-8-9-10-11-12-13-14-15-19-16-17-20-18-19/h16-18H,2-15H2,1H3. The normalized spacial score (nSPS) is 11.1. The van der Waals surface area contributed by atoms with Gasteiger partial charge in [-0.3, -0.25) is 0 Å². The highest BCUT2D eigenvalue weighted by atomic mass is 32.1. The van der Waals surface area contributed by atoms with Crippen LogP contribution >= 0.6 is 11.3 Å². The first-order valence-electron chi connectivity index (χ1n) is 8.94. The van der Waals surface area contributed by atoms with Gasteiger partial charge in [0.15, 0.2) is 0 Å². The maximum absolute atomic E-state index is 2.29. The SMILES string of the molecule is CCCCCCCCCCCCCCCc1ccsc1. The molecule has 0 aliphatic heterocycles. The first-order valence-corrected chi connectivity index (χ1v) is 9.89. The van der Waals surface area contributed by atoms with E-state index < -0.39 is 0 Å². The third kappa shape index (κ3) is 10.5. The van der Waals surface area contributed by atoms with Crippen molar-refractivity contribution in [3.05, 3.63) is 22.4 Å². The quantitative estimate of drug-likeness (QED) is 0.314. The van der Waals surface area contributed by atoms with Crippen LogP contribution in [-0.4, -0.2) is 0 Å². The summed E-state index contributed by atoms with van der Waals surface area (Å²) in [4.78, 5) is 0. The van der Waals surface area contributed by atoms with Crippen molar-refractivity contribution < 1.29 is 0 Å². The summed E-state index contributed by atoms with van der Waals surface area (Å²) in [5, 5.41) is 4.48. The Balaban J connectivity index is 1.70. The van der Waals surface area contributed by atoms with Crippen LogP contribution in [0.1, 0.15) is 96.0 Å². The summed E-state index contributed by atoms with van der Waals surface area (Å²) in [7, 11) is 0. The highest BCUT2D eigenvalue weighted by molar-refractivity contribution is 7.07. The molecule has 0 aliphatic rings. The second-order valence-electron chi connectivity index (χ2n) is 6.12. The van der Waals surface area contributed by atoms with Crippen LogP contribution in [0.25, 0.3) is 0 Å². The highest BCUT2D eigenvalue weighted by Crippen LogP contribution is 2.14. The van der Waals surface area contributed by atoms with E-state index >= 15 is 0 Å². The zero-order chi connectivity index (χ0) is 14.3. The van der Waals surface area contributed by atoms with Crippen molar-refractivity contribution in [3.63, 3.8) is 0 Å². The van der Waals surface area contributed by atoms with Crippen LogP contribution in [0.15, 0.2) is 16.8 Å². The Morgan fingerprint density at radius 1 is 0.700 bits per heavy atom. The maximum Gasteiger partial charge on any atom is -0.00613 e. The molecule has 1 rings (SSSR count). The third-order valence-electron chi connectivity index (χ3n) is 4.15. The van der Waals surface area contributed by atoms with E-state index in [-0.39, 0.29) is 0 Å². The number of hydrogen-bond donors (Lipinski definition) is 0. The van der Waals surface area contributed by atoms with E-state index in [1.54, 1.807) is 0 Å². The zero-order valence-corrected chi connectivity index (χ0v) is 14.4. The summed E-state index contributed by atoms with van der Waals surface area (Å²) in [5.74, 6) is 0. The van der Waals surface area contributed by atoms with Crippen LogP contribution in [0, 0.1) is 0 Å². The van der Waals surface area contributed by atoms with Gasteiger partial charge in [-0.25, -0.2) is 0 Å². The Labute approximate surface area is 131 Å². The molecule has 20 heavy (non-hydrogen) atoms.